The van der Waals surface area contributed by atoms with Gasteiger partial charge in [0.1, 0.15) is 18.9 Å². The number of nitrogens with zero attached hydrogens (tertiary/aromatic N) is 2. The molecule has 0 atom stereocenters. The molecule has 0 radical (unpaired) electrons. The first-order valence-electron chi connectivity index (χ1n) is 9.52. The van der Waals surface area contributed by atoms with E-state index in [1.165, 1.54) is 22.1 Å². The maximum Gasteiger partial charge on any atom is 0.417 e. The summed E-state index contributed by atoms with van der Waals surface area (Å²) >= 11 is 5.59. The van der Waals surface area contributed by atoms with Gasteiger partial charge in [-0.2, -0.15) is 13.2 Å². The highest BCUT2D eigenvalue weighted by atomic mass is 35.5. The normalized spacial score (nSPS) is 13.8. The number of nitrogens with one attached hydrogen (secondary N) is 1. The number of benzene rings is 1. The molecule has 1 saturated heterocycles. The maximum atomic E-state index is 13.0. The fourth-order valence-electron chi connectivity index (χ4n) is 3.03. The zero-order chi connectivity index (χ0) is 23.3. The first kappa shape index (κ1) is 23.5. The van der Waals surface area contributed by atoms with Crippen molar-refractivity contribution in [3.8, 4) is 0 Å². The van der Waals surface area contributed by atoms with Crippen molar-refractivity contribution in [2.24, 2.45) is 0 Å². The second-order valence-electron chi connectivity index (χ2n) is 6.92. The van der Waals surface area contributed by atoms with E-state index < -0.39 is 41.2 Å². The molecule has 1 aliphatic heterocycles. The van der Waals surface area contributed by atoms with Crippen LogP contribution in [0.5, 0.6) is 0 Å². The first-order valence-corrected chi connectivity index (χ1v) is 9.90. The van der Waals surface area contributed by atoms with Gasteiger partial charge in [-0.15, -0.1) is 0 Å². The van der Waals surface area contributed by atoms with Gasteiger partial charge in [0.2, 0.25) is 11.8 Å². The highest BCUT2D eigenvalue weighted by molar-refractivity contribution is 6.31. The number of anilines is 1. The molecule has 1 aliphatic rings. The smallest absolute Gasteiger partial charge is 0.417 e. The molecule has 1 N–H and O–H groups in total. The van der Waals surface area contributed by atoms with Crippen LogP contribution >= 0.6 is 11.6 Å². The van der Waals surface area contributed by atoms with Crippen LogP contribution < -0.4 is 5.32 Å². The Hall–Kier alpha value is -3.21. The number of carbonyl (C=O) groups is 3. The largest absolute Gasteiger partial charge is 0.467 e. The summed E-state index contributed by atoms with van der Waals surface area (Å²) in [5.41, 5.74) is -1.20. The lowest BCUT2D eigenvalue weighted by Gasteiger charge is -2.22. The lowest BCUT2D eigenvalue weighted by molar-refractivity contribution is -0.137. The van der Waals surface area contributed by atoms with E-state index in [0.717, 1.165) is 12.1 Å². The monoisotopic (exact) mass is 473 g/mol. The molecule has 32 heavy (non-hydrogen) atoms. The average molecular weight is 474 g/mol. The standard InChI is InChI=1S/C20H19ClF3N3O5/c21-16-4-3-13(10-15(16)20(22,23)24)25-17(28)12-27(11-14-2-1-8-31-14)18(29)5-6-26-7-9-32-19(26)30/h1-4,8,10H,5-7,9,11-12H2,(H,25,28). The minimum absolute atomic E-state index is 0.0296. The number of halogens is 4. The predicted octanol–water partition coefficient (Wildman–Crippen LogP) is 3.76. The van der Waals surface area contributed by atoms with Gasteiger partial charge in [-0.1, -0.05) is 11.6 Å². The number of cyclic esters (lactones) is 1. The summed E-state index contributed by atoms with van der Waals surface area (Å²) in [7, 11) is 0. The van der Waals surface area contributed by atoms with E-state index in [1.807, 2.05) is 0 Å². The topological polar surface area (TPSA) is 92.1 Å². The van der Waals surface area contributed by atoms with Gasteiger partial charge >= 0.3 is 12.3 Å². The number of ether oxygens (including phenoxy) is 1. The van der Waals surface area contributed by atoms with Gasteiger partial charge in [0.25, 0.3) is 0 Å². The van der Waals surface area contributed by atoms with Gasteiger partial charge in [-0.05, 0) is 30.3 Å². The molecule has 172 valence electrons. The molecule has 1 aromatic heterocycles. The third kappa shape index (κ3) is 6.16. The zero-order valence-electron chi connectivity index (χ0n) is 16.7. The van der Waals surface area contributed by atoms with E-state index in [2.05, 4.69) is 5.32 Å². The molecule has 1 fully saturated rings. The Balaban J connectivity index is 1.66. The molecule has 1 aromatic carbocycles. The minimum Gasteiger partial charge on any atom is -0.467 e. The Morgan fingerprint density at radius 3 is 2.66 bits per heavy atom. The fraction of sp³-hybridized carbons (Fsp3) is 0.350. The van der Waals surface area contributed by atoms with Crippen LogP contribution in [-0.4, -0.2) is 53.9 Å². The van der Waals surface area contributed by atoms with E-state index >= 15 is 0 Å². The molecule has 2 heterocycles. The highest BCUT2D eigenvalue weighted by Crippen LogP contribution is 2.36. The lowest BCUT2D eigenvalue weighted by atomic mass is 10.2. The SMILES string of the molecule is O=C(CN(Cc1ccco1)C(=O)CCN1CCOC1=O)Nc1ccc(Cl)c(C(F)(F)F)c1. The van der Waals surface area contributed by atoms with Crippen LogP contribution in [0.1, 0.15) is 17.7 Å². The van der Waals surface area contributed by atoms with Crippen molar-refractivity contribution in [2.75, 3.05) is 31.6 Å². The molecule has 2 aromatic rings. The van der Waals surface area contributed by atoms with Gasteiger partial charge in [0.05, 0.1) is 29.9 Å². The molecule has 0 unspecified atom stereocenters. The van der Waals surface area contributed by atoms with E-state index in [-0.39, 0.29) is 31.8 Å². The van der Waals surface area contributed by atoms with Crippen molar-refractivity contribution in [3.05, 3.63) is 52.9 Å². The van der Waals surface area contributed by atoms with E-state index in [0.29, 0.717) is 12.3 Å². The van der Waals surface area contributed by atoms with E-state index in [9.17, 15) is 27.6 Å². The summed E-state index contributed by atoms with van der Waals surface area (Å²) in [4.78, 5) is 39.3. The van der Waals surface area contributed by atoms with Crippen molar-refractivity contribution in [1.29, 1.82) is 0 Å². The number of hydrogen-bond donors (Lipinski definition) is 1. The maximum absolute atomic E-state index is 13.0. The Morgan fingerprint density at radius 2 is 2.03 bits per heavy atom. The number of carbonyl (C=O) groups excluding carboxylic acids is 3. The molecule has 0 aliphatic carbocycles. The number of alkyl halides is 3. The molecular weight excluding hydrogens is 455 g/mol. The van der Waals surface area contributed by atoms with Gasteiger partial charge in [0, 0.05) is 18.7 Å². The Kier molecular flexibility index (Phi) is 7.29. The summed E-state index contributed by atoms with van der Waals surface area (Å²) in [6, 6.07) is 6.21. The minimum atomic E-state index is -4.68. The van der Waals surface area contributed by atoms with Crippen molar-refractivity contribution in [3.63, 3.8) is 0 Å². The van der Waals surface area contributed by atoms with Crippen LogP contribution in [0.15, 0.2) is 41.0 Å². The molecule has 0 bridgehead atoms. The predicted molar refractivity (Wildman–Crippen MR) is 107 cm³/mol. The van der Waals surface area contributed by atoms with Crippen LogP contribution in [0.25, 0.3) is 0 Å². The van der Waals surface area contributed by atoms with Crippen molar-refractivity contribution >= 4 is 35.2 Å². The zero-order valence-corrected chi connectivity index (χ0v) is 17.4. The van der Waals surface area contributed by atoms with E-state index in [4.69, 9.17) is 20.8 Å². The number of rotatable bonds is 8. The Bertz CT molecular complexity index is 981. The first-order chi connectivity index (χ1) is 15.1. The molecule has 8 nitrogen and oxygen atoms in total. The van der Waals surface area contributed by atoms with Crippen molar-refractivity contribution < 1.29 is 36.7 Å². The van der Waals surface area contributed by atoms with E-state index in [1.54, 1.807) is 12.1 Å². The van der Waals surface area contributed by atoms with Crippen LogP contribution in [0.2, 0.25) is 5.02 Å². The van der Waals surface area contributed by atoms with Gasteiger partial charge in [0.15, 0.2) is 0 Å². The van der Waals surface area contributed by atoms with Gasteiger partial charge in [-0.25, -0.2) is 4.79 Å². The summed E-state index contributed by atoms with van der Waals surface area (Å²) < 4.78 is 49.1. The highest BCUT2D eigenvalue weighted by Gasteiger charge is 2.33. The molecule has 3 amide bonds. The number of amides is 3. The lowest BCUT2D eigenvalue weighted by Crippen LogP contribution is -2.39. The average Bonchev–Trinajstić information content (AvgIpc) is 3.38. The second kappa shape index (κ2) is 9.94. The van der Waals surface area contributed by atoms with Crippen molar-refractivity contribution in [2.45, 2.75) is 19.1 Å². The molecule has 0 spiro atoms. The van der Waals surface area contributed by atoms with Crippen LogP contribution in [-0.2, 0) is 27.0 Å². The number of furan rings is 1. The van der Waals surface area contributed by atoms with Gasteiger partial charge in [-0.3, -0.25) is 9.59 Å². The van der Waals surface area contributed by atoms with Crippen molar-refractivity contribution in [1.82, 2.24) is 9.80 Å². The van der Waals surface area contributed by atoms with Crippen LogP contribution in [0.4, 0.5) is 23.7 Å². The molecule has 12 heteroatoms. The summed E-state index contributed by atoms with van der Waals surface area (Å²) in [6.45, 7) is 0.252. The molecule has 3 rings (SSSR count). The number of hydrogen-bond acceptors (Lipinski definition) is 5. The fourth-order valence-corrected chi connectivity index (χ4v) is 3.26. The van der Waals surface area contributed by atoms with Gasteiger partial charge < -0.3 is 24.3 Å². The third-order valence-corrected chi connectivity index (χ3v) is 4.94. The summed E-state index contributed by atoms with van der Waals surface area (Å²) in [6.07, 6.45) is -3.86. The Labute approximate surface area is 185 Å². The van der Waals surface area contributed by atoms with Crippen LogP contribution in [0, 0.1) is 0 Å². The van der Waals surface area contributed by atoms with Crippen LogP contribution in [0.3, 0.4) is 0 Å². The molecule has 0 saturated carbocycles. The molecular formula is C20H19ClF3N3O5. The summed E-state index contributed by atoms with van der Waals surface area (Å²) in [5.74, 6) is -0.734. The third-order valence-electron chi connectivity index (χ3n) is 4.61. The second-order valence-corrected chi connectivity index (χ2v) is 7.33. The quantitative estimate of drug-likeness (QED) is 0.630. The summed E-state index contributed by atoms with van der Waals surface area (Å²) in [5, 5.41) is 1.85. The Morgan fingerprint density at radius 1 is 1.25 bits per heavy atom.